The summed E-state index contributed by atoms with van der Waals surface area (Å²) < 4.78 is 24.2. The van der Waals surface area contributed by atoms with Crippen LogP contribution in [0.5, 0.6) is 5.75 Å². The largest absolute Gasteiger partial charge is 0.486 e. The molecule has 0 N–H and O–H groups in total. The summed E-state index contributed by atoms with van der Waals surface area (Å²) in [6.07, 6.45) is 2.28. The highest BCUT2D eigenvalue weighted by atomic mass is 19.1. The molecule has 0 atom stereocenters. The number of aldehydes is 1. The Morgan fingerprint density at radius 1 is 1.04 bits per heavy atom. The molecule has 3 aromatic carbocycles. The summed E-state index contributed by atoms with van der Waals surface area (Å²) in [5, 5.41) is 1.81. The summed E-state index contributed by atoms with van der Waals surface area (Å²) >= 11 is 0. The Hall–Kier alpha value is -3.47. The van der Waals surface area contributed by atoms with Gasteiger partial charge in [-0.2, -0.15) is 0 Å². The van der Waals surface area contributed by atoms with E-state index in [1.165, 1.54) is 18.4 Å². The van der Waals surface area contributed by atoms with Crippen molar-refractivity contribution in [2.45, 2.75) is 6.61 Å². The monoisotopic (exact) mass is 347 g/mol. The Labute approximate surface area is 148 Å². The summed E-state index contributed by atoms with van der Waals surface area (Å²) in [4.78, 5) is 15.9. The number of hydrogen-bond acceptors (Lipinski definition) is 4. The highest BCUT2D eigenvalue weighted by Gasteiger charge is 2.11. The molecule has 0 saturated heterocycles. The second kappa shape index (κ2) is 6.80. The van der Waals surface area contributed by atoms with E-state index < -0.39 is 0 Å². The third-order valence-electron chi connectivity index (χ3n) is 4.07. The molecule has 1 aromatic heterocycles. The van der Waals surface area contributed by atoms with Crippen LogP contribution in [0.4, 0.5) is 4.39 Å². The van der Waals surface area contributed by atoms with Gasteiger partial charge in [0.25, 0.3) is 0 Å². The van der Waals surface area contributed by atoms with E-state index in [1.807, 2.05) is 30.3 Å². The number of oxazole rings is 1. The number of fused-ring (bicyclic) bond motifs is 1. The van der Waals surface area contributed by atoms with Crippen molar-refractivity contribution < 1.29 is 18.3 Å². The smallest absolute Gasteiger partial charge is 0.226 e. The van der Waals surface area contributed by atoms with Crippen LogP contribution in [-0.2, 0) is 6.61 Å². The minimum Gasteiger partial charge on any atom is -0.486 e. The second-order valence-electron chi connectivity index (χ2n) is 5.76. The van der Waals surface area contributed by atoms with Crippen molar-refractivity contribution in [2.24, 2.45) is 0 Å². The normalized spacial score (nSPS) is 10.8. The number of rotatable bonds is 5. The van der Waals surface area contributed by atoms with Crippen molar-refractivity contribution in [2.75, 3.05) is 0 Å². The maximum Gasteiger partial charge on any atom is 0.226 e. The van der Waals surface area contributed by atoms with E-state index in [0.29, 0.717) is 28.5 Å². The number of aromatic nitrogens is 1. The quantitative estimate of drug-likeness (QED) is 0.475. The molecule has 0 saturated carbocycles. The summed E-state index contributed by atoms with van der Waals surface area (Å²) in [6.45, 7) is 0.157. The lowest BCUT2D eigenvalue weighted by atomic mass is 10.0. The van der Waals surface area contributed by atoms with Crippen molar-refractivity contribution in [1.82, 2.24) is 4.98 Å². The summed E-state index contributed by atoms with van der Waals surface area (Å²) in [6, 6.07) is 17.2. The standard InChI is InChI=1S/C21H14FNO3/c22-16-8-5-15(6-9-16)21-23-17(13-26-21)12-25-20-10-7-14-3-1-2-4-18(14)19(20)11-24/h1-11,13H,12H2. The fraction of sp³-hybridized carbons (Fsp3) is 0.0476. The molecule has 0 fully saturated rings. The van der Waals surface area contributed by atoms with Gasteiger partial charge in [-0.05, 0) is 41.1 Å². The molecule has 26 heavy (non-hydrogen) atoms. The Kier molecular flexibility index (Phi) is 4.19. The minimum atomic E-state index is -0.318. The molecule has 0 spiro atoms. The van der Waals surface area contributed by atoms with Crippen LogP contribution in [0, 0.1) is 5.82 Å². The number of ether oxygens (including phenoxy) is 1. The van der Waals surface area contributed by atoms with Gasteiger partial charge >= 0.3 is 0 Å². The van der Waals surface area contributed by atoms with Gasteiger partial charge in [0.1, 0.15) is 30.1 Å². The molecule has 128 valence electrons. The molecular formula is C21H14FNO3. The molecule has 5 heteroatoms. The molecule has 0 aliphatic carbocycles. The van der Waals surface area contributed by atoms with Crippen molar-refractivity contribution in [3.8, 4) is 17.2 Å². The third kappa shape index (κ3) is 3.07. The molecule has 1 heterocycles. The van der Waals surface area contributed by atoms with Crippen LogP contribution in [0.3, 0.4) is 0 Å². The average Bonchev–Trinajstić information content (AvgIpc) is 3.15. The van der Waals surface area contributed by atoms with E-state index in [9.17, 15) is 9.18 Å². The van der Waals surface area contributed by atoms with E-state index in [0.717, 1.165) is 17.1 Å². The summed E-state index contributed by atoms with van der Waals surface area (Å²) in [7, 11) is 0. The van der Waals surface area contributed by atoms with Crippen LogP contribution < -0.4 is 4.74 Å². The lowest BCUT2D eigenvalue weighted by molar-refractivity contribution is 0.112. The van der Waals surface area contributed by atoms with Gasteiger partial charge in [0.15, 0.2) is 6.29 Å². The zero-order valence-corrected chi connectivity index (χ0v) is 13.7. The van der Waals surface area contributed by atoms with Crippen LogP contribution in [0.15, 0.2) is 71.3 Å². The number of carbonyl (C=O) groups is 1. The number of nitrogens with zero attached hydrogens (tertiary/aromatic N) is 1. The molecule has 0 unspecified atom stereocenters. The molecule has 0 amide bonds. The Morgan fingerprint density at radius 3 is 2.65 bits per heavy atom. The molecule has 4 nitrogen and oxygen atoms in total. The van der Waals surface area contributed by atoms with Crippen LogP contribution >= 0.6 is 0 Å². The zero-order valence-electron chi connectivity index (χ0n) is 13.7. The lowest BCUT2D eigenvalue weighted by Crippen LogP contribution is -1.99. The molecule has 0 aliphatic heterocycles. The first-order chi connectivity index (χ1) is 12.7. The maximum absolute atomic E-state index is 13.0. The fourth-order valence-corrected chi connectivity index (χ4v) is 2.77. The van der Waals surface area contributed by atoms with Gasteiger partial charge in [-0.3, -0.25) is 4.79 Å². The number of halogens is 1. The fourth-order valence-electron chi connectivity index (χ4n) is 2.77. The first-order valence-electron chi connectivity index (χ1n) is 8.04. The van der Waals surface area contributed by atoms with Gasteiger partial charge in [-0.25, -0.2) is 9.37 Å². The highest BCUT2D eigenvalue weighted by Crippen LogP contribution is 2.27. The van der Waals surface area contributed by atoms with Crippen molar-refractivity contribution in [1.29, 1.82) is 0 Å². The number of carbonyl (C=O) groups excluding carboxylic acids is 1. The van der Waals surface area contributed by atoms with Gasteiger partial charge in [0, 0.05) is 5.56 Å². The summed E-state index contributed by atoms with van der Waals surface area (Å²) in [5.74, 6) is 0.560. The number of hydrogen-bond donors (Lipinski definition) is 0. The Bertz CT molecular complexity index is 1070. The minimum absolute atomic E-state index is 0.157. The van der Waals surface area contributed by atoms with E-state index in [1.54, 1.807) is 18.2 Å². The van der Waals surface area contributed by atoms with Gasteiger partial charge in [0.2, 0.25) is 5.89 Å². The predicted molar refractivity (Wildman–Crippen MR) is 95.6 cm³/mol. The van der Waals surface area contributed by atoms with Crippen LogP contribution in [0.2, 0.25) is 0 Å². The summed E-state index contributed by atoms with van der Waals surface area (Å²) in [5.41, 5.74) is 1.76. The number of benzene rings is 3. The van der Waals surface area contributed by atoms with Crippen LogP contribution in [0.1, 0.15) is 16.1 Å². The zero-order chi connectivity index (χ0) is 17.9. The first-order valence-corrected chi connectivity index (χ1v) is 8.04. The first kappa shape index (κ1) is 16.0. The average molecular weight is 347 g/mol. The van der Waals surface area contributed by atoms with Crippen molar-refractivity contribution in [3.63, 3.8) is 0 Å². The topological polar surface area (TPSA) is 52.3 Å². The molecule has 0 aliphatic rings. The molecule has 4 aromatic rings. The molecule has 4 rings (SSSR count). The molecule has 0 bridgehead atoms. The van der Waals surface area contributed by atoms with Gasteiger partial charge in [-0.15, -0.1) is 0 Å². The van der Waals surface area contributed by atoms with E-state index in [-0.39, 0.29) is 12.4 Å². The van der Waals surface area contributed by atoms with Gasteiger partial charge in [0.05, 0.1) is 5.56 Å². The van der Waals surface area contributed by atoms with E-state index >= 15 is 0 Å². The van der Waals surface area contributed by atoms with Gasteiger partial charge < -0.3 is 9.15 Å². The van der Waals surface area contributed by atoms with Crippen molar-refractivity contribution in [3.05, 3.63) is 84.0 Å². The molecule has 0 radical (unpaired) electrons. The Balaban J connectivity index is 1.55. The lowest BCUT2D eigenvalue weighted by Gasteiger charge is -2.09. The molecular weight excluding hydrogens is 333 g/mol. The van der Waals surface area contributed by atoms with Crippen LogP contribution in [0.25, 0.3) is 22.2 Å². The second-order valence-corrected chi connectivity index (χ2v) is 5.76. The van der Waals surface area contributed by atoms with E-state index in [2.05, 4.69) is 4.98 Å². The predicted octanol–water partition coefficient (Wildman–Crippen LogP) is 5.03. The van der Waals surface area contributed by atoms with Crippen molar-refractivity contribution >= 4 is 17.1 Å². The highest BCUT2D eigenvalue weighted by molar-refractivity contribution is 6.00. The maximum atomic E-state index is 13.0. The SMILES string of the molecule is O=Cc1c(OCc2coc(-c3ccc(F)cc3)n2)ccc2ccccc12. The van der Waals surface area contributed by atoms with Crippen LogP contribution in [-0.4, -0.2) is 11.3 Å². The van der Waals surface area contributed by atoms with Gasteiger partial charge in [-0.1, -0.05) is 30.3 Å². The van der Waals surface area contributed by atoms with E-state index in [4.69, 9.17) is 9.15 Å². The third-order valence-corrected chi connectivity index (χ3v) is 4.07. The Morgan fingerprint density at radius 2 is 1.85 bits per heavy atom.